The molecular weight excluding hydrogens is 413 g/mol. The summed E-state index contributed by atoms with van der Waals surface area (Å²) in [7, 11) is 0. The summed E-state index contributed by atoms with van der Waals surface area (Å²) in [5.41, 5.74) is 1.45. The molecule has 2 amide bonds. The van der Waals surface area contributed by atoms with E-state index in [2.05, 4.69) is 10.6 Å². The molecule has 32 heavy (non-hydrogen) atoms. The second-order valence-electron chi connectivity index (χ2n) is 8.05. The number of likely N-dealkylation sites (N-methyl/N-ethyl adjacent to an activating group) is 1. The lowest BCUT2D eigenvalue weighted by atomic mass is 9.96. The Labute approximate surface area is 187 Å². The zero-order chi connectivity index (χ0) is 23.1. The lowest BCUT2D eigenvalue weighted by Crippen LogP contribution is -2.42. The highest BCUT2D eigenvalue weighted by atomic mass is 19.1. The van der Waals surface area contributed by atoms with E-state index in [1.807, 2.05) is 20.8 Å². The van der Waals surface area contributed by atoms with Gasteiger partial charge in [0.1, 0.15) is 19.0 Å². The second-order valence-corrected chi connectivity index (χ2v) is 8.05. The van der Waals surface area contributed by atoms with Gasteiger partial charge in [0.15, 0.2) is 11.5 Å². The molecule has 1 heterocycles. The summed E-state index contributed by atoms with van der Waals surface area (Å²) in [5, 5.41) is 5.85. The summed E-state index contributed by atoms with van der Waals surface area (Å²) in [4.78, 5) is 27.0. The Bertz CT molecular complexity index is 933. The molecule has 0 bridgehead atoms. The van der Waals surface area contributed by atoms with E-state index in [0.29, 0.717) is 36.9 Å². The molecule has 0 saturated heterocycles. The van der Waals surface area contributed by atoms with Gasteiger partial charge in [-0.25, -0.2) is 4.39 Å². The minimum absolute atomic E-state index is 0.0707. The molecule has 172 valence electrons. The number of nitrogens with one attached hydrogen (secondary N) is 2. The highest BCUT2D eigenvalue weighted by Crippen LogP contribution is 2.32. The smallest absolute Gasteiger partial charge is 0.238 e. The standard InChI is InChI=1S/C24H30FN3O4/c1-4-28(14-22(29)26-19-9-10-20-21(13-19)32-12-11-31-20)15-23(30)27-24(16(2)3)17-5-7-18(25)8-6-17/h5-10,13,16,24H,4,11-12,14-15H2,1-3H3,(H,26,29)(H,27,30). The highest BCUT2D eigenvalue weighted by molar-refractivity contribution is 5.93. The third kappa shape index (κ3) is 6.43. The molecular formula is C24H30FN3O4. The van der Waals surface area contributed by atoms with E-state index in [-0.39, 0.29) is 42.7 Å². The summed E-state index contributed by atoms with van der Waals surface area (Å²) < 4.78 is 24.3. The van der Waals surface area contributed by atoms with Crippen LogP contribution in [0, 0.1) is 11.7 Å². The number of anilines is 1. The Morgan fingerprint density at radius 1 is 1.00 bits per heavy atom. The number of halogens is 1. The SMILES string of the molecule is CCN(CC(=O)Nc1ccc2c(c1)OCCO2)CC(=O)NC(c1ccc(F)cc1)C(C)C. The van der Waals surface area contributed by atoms with E-state index in [0.717, 1.165) is 5.56 Å². The molecule has 1 unspecified atom stereocenters. The van der Waals surface area contributed by atoms with Crippen LogP contribution in [0.3, 0.4) is 0 Å². The molecule has 2 aromatic rings. The van der Waals surface area contributed by atoms with Crippen molar-refractivity contribution < 1.29 is 23.5 Å². The van der Waals surface area contributed by atoms with Crippen LogP contribution in [0.25, 0.3) is 0 Å². The predicted molar refractivity (Wildman–Crippen MR) is 120 cm³/mol. The van der Waals surface area contributed by atoms with Crippen molar-refractivity contribution in [3.8, 4) is 11.5 Å². The fourth-order valence-electron chi connectivity index (χ4n) is 3.53. The number of amides is 2. The van der Waals surface area contributed by atoms with Gasteiger partial charge in [-0.15, -0.1) is 0 Å². The van der Waals surface area contributed by atoms with Crippen molar-refractivity contribution in [2.75, 3.05) is 38.2 Å². The zero-order valence-corrected chi connectivity index (χ0v) is 18.7. The van der Waals surface area contributed by atoms with E-state index >= 15 is 0 Å². The van der Waals surface area contributed by atoms with E-state index in [4.69, 9.17) is 9.47 Å². The number of carbonyl (C=O) groups excluding carboxylic acids is 2. The van der Waals surface area contributed by atoms with Gasteiger partial charge in [0.25, 0.3) is 0 Å². The van der Waals surface area contributed by atoms with Crippen molar-refractivity contribution in [3.05, 3.63) is 53.8 Å². The number of benzene rings is 2. The van der Waals surface area contributed by atoms with Gasteiger partial charge in [-0.1, -0.05) is 32.9 Å². The van der Waals surface area contributed by atoms with Crippen LogP contribution < -0.4 is 20.1 Å². The van der Waals surface area contributed by atoms with Crippen molar-refractivity contribution in [1.82, 2.24) is 10.2 Å². The van der Waals surface area contributed by atoms with Crippen LogP contribution in [0.5, 0.6) is 11.5 Å². The number of hydrogen-bond donors (Lipinski definition) is 2. The summed E-state index contributed by atoms with van der Waals surface area (Å²) in [6.07, 6.45) is 0. The molecule has 0 fully saturated rings. The van der Waals surface area contributed by atoms with Gasteiger partial charge in [0.2, 0.25) is 11.8 Å². The molecule has 1 aliphatic heterocycles. The molecule has 7 nitrogen and oxygen atoms in total. The number of fused-ring (bicyclic) bond motifs is 1. The monoisotopic (exact) mass is 443 g/mol. The molecule has 0 aromatic heterocycles. The van der Waals surface area contributed by atoms with E-state index in [1.165, 1.54) is 12.1 Å². The average Bonchev–Trinajstić information content (AvgIpc) is 2.77. The summed E-state index contributed by atoms with van der Waals surface area (Å²) in [6, 6.07) is 11.1. The first-order valence-corrected chi connectivity index (χ1v) is 10.8. The van der Waals surface area contributed by atoms with Crippen LogP contribution >= 0.6 is 0 Å². The fraction of sp³-hybridized carbons (Fsp3) is 0.417. The van der Waals surface area contributed by atoms with Crippen molar-refractivity contribution in [3.63, 3.8) is 0 Å². The molecule has 0 saturated carbocycles. The molecule has 0 spiro atoms. The third-order valence-corrected chi connectivity index (χ3v) is 5.22. The van der Waals surface area contributed by atoms with Gasteiger partial charge in [-0.2, -0.15) is 0 Å². The Morgan fingerprint density at radius 3 is 2.31 bits per heavy atom. The summed E-state index contributed by atoms with van der Waals surface area (Å²) >= 11 is 0. The van der Waals surface area contributed by atoms with Crippen molar-refractivity contribution >= 4 is 17.5 Å². The average molecular weight is 444 g/mol. The maximum atomic E-state index is 13.2. The maximum Gasteiger partial charge on any atom is 0.238 e. The van der Waals surface area contributed by atoms with Gasteiger partial charge in [-0.3, -0.25) is 14.5 Å². The van der Waals surface area contributed by atoms with Crippen LogP contribution in [0.2, 0.25) is 0 Å². The van der Waals surface area contributed by atoms with E-state index in [9.17, 15) is 14.0 Å². The van der Waals surface area contributed by atoms with Gasteiger partial charge in [0.05, 0.1) is 19.1 Å². The molecule has 1 atom stereocenters. The molecule has 3 rings (SSSR count). The Morgan fingerprint density at radius 2 is 1.66 bits per heavy atom. The van der Waals surface area contributed by atoms with Crippen LogP contribution in [-0.2, 0) is 9.59 Å². The Kier molecular flexibility index (Phi) is 8.05. The third-order valence-electron chi connectivity index (χ3n) is 5.22. The predicted octanol–water partition coefficient (Wildman–Crippen LogP) is 3.37. The lowest BCUT2D eigenvalue weighted by Gasteiger charge is -2.25. The molecule has 2 N–H and O–H groups in total. The molecule has 2 aromatic carbocycles. The van der Waals surface area contributed by atoms with Gasteiger partial charge in [0, 0.05) is 11.8 Å². The van der Waals surface area contributed by atoms with E-state index < -0.39 is 0 Å². The topological polar surface area (TPSA) is 79.9 Å². The first-order valence-electron chi connectivity index (χ1n) is 10.8. The maximum absolute atomic E-state index is 13.2. The van der Waals surface area contributed by atoms with Crippen LogP contribution in [0.1, 0.15) is 32.4 Å². The normalized spacial score (nSPS) is 13.7. The van der Waals surface area contributed by atoms with Gasteiger partial charge < -0.3 is 20.1 Å². The lowest BCUT2D eigenvalue weighted by molar-refractivity contribution is -0.124. The molecule has 1 aliphatic rings. The van der Waals surface area contributed by atoms with Crippen LogP contribution in [-0.4, -0.2) is 49.6 Å². The molecule has 0 aliphatic carbocycles. The number of ether oxygens (including phenoxy) is 2. The summed E-state index contributed by atoms with van der Waals surface area (Å²) in [5.74, 6) is 0.641. The first kappa shape index (κ1) is 23.5. The Hall–Kier alpha value is -3.13. The number of carbonyl (C=O) groups is 2. The fourth-order valence-corrected chi connectivity index (χ4v) is 3.53. The van der Waals surface area contributed by atoms with Crippen molar-refractivity contribution in [1.29, 1.82) is 0 Å². The highest BCUT2D eigenvalue weighted by Gasteiger charge is 2.21. The number of nitrogens with zero attached hydrogens (tertiary/aromatic N) is 1. The Balaban J connectivity index is 1.55. The molecule has 0 radical (unpaired) electrons. The minimum atomic E-state index is -0.316. The summed E-state index contributed by atoms with van der Waals surface area (Å²) in [6.45, 7) is 7.54. The van der Waals surface area contributed by atoms with Crippen LogP contribution in [0.15, 0.2) is 42.5 Å². The second kappa shape index (κ2) is 10.9. The largest absolute Gasteiger partial charge is 0.486 e. The number of rotatable bonds is 9. The van der Waals surface area contributed by atoms with Crippen molar-refractivity contribution in [2.45, 2.75) is 26.8 Å². The van der Waals surface area contributed by atoms with Crippen LogP contribution in [0.4, 0.5) is 10.1 Å². The molecule has 8 heteroatoms. The minimum Gasteiger partial charge on any atom is -0.486 e. The number of hydrogen-bond acceptors (Lipinski definition) is 5. The van der Waals surface area contributed by atoms with E-state index in [1.54, 1.807) is 35.2 Å². The quantitative estimate of drug-likeness (QED) is 0.621. The first-order chi connectivity index (χ1) is 15.4. The van der Waals surface area contributed by atoms with Gasteiger partial charge >= 0.3 is 0 Å². The van der Waals surface area contributed by atoms with Gasteiger partial charge in [-0.05, 0) is 42.3 Å². The van der Waals surface area contributed by atoms with Crippen molar-refractivity contribution in [2.24, 2.45) is 5.92 Å². The zero-order valence-electron chi connectivity index (χ0n) is 18.7.